The fourth-order valence-corrected chi connectivity index (χ4v) is 6.84. The Kier molecular flexibility index (Phi) is 3.38. The lowest BCUT2D eigenvalue weighted by Gasteiger charge is -2.61. The molecule has 1 N–H and O–H groups in total. The van der Waals surface area contributed by atoms with Gasteiger partial charge < -0.3 is 5.11 Å². The van der Waals surface area contributed by atoms with Crippen LogP contribution >= 0.6 is 0 Å². The van der Waals surface area contributed by atoms with E-state index in [0.29, 0.717) is 6.04 Å². The zero-order chi connectivity index (χ0) is 17.9. The minimum atomic E-state index is -0.991. The van der Waals surface area contributed by atoms with E-state index < -0.39 is 5.60 Å². The molecular weight excluding hydrogens is 318 g/mol. The van der Waals surface area contributed by atoms with Gasteiger partial charge >= 0.3 is 0 Å². The van der Waals surface area contributed by atoms with Crippen LogP contribution < -0.4 is 0 Å². The Bertz CT molecular complexity index is 857. The molecule has 3 aliphatic rings. The summed E-state index contributed by atoms with van der Waals surface area (Å²) in [6, 6.07) is 21.9. The van der Waals surface area contributed by atoms with E-state index in [9.17, 15) is 5.11 Å². The van der Waals surface area contributed by atoms with Crippen LogP contribution in [0.5, 0.6) is 0 Å². The molecule has 0 amide bonds. The second-order valence-corrected chi connectivity index (χ2v) is 8.34. The summed E-state index contributed by atoms with van der Waals surface area (Å²) in [5.74, 6) is 3.13. The number of terminal acetylenes is 1. The first kappa shape index (κ1) is 16.1. The van der Waals surface area contributed by atoms with Gasteiger partial charge in [-0.3, -0.25) is 4.90 Å². The zero-order valence-electron chi connectivity index (χ0n) is 15.2. The topological polar surface area (TPSA) is 23.5 Å². The molecule has 0 radical (unpaired) electrons. The highest BCUT2D eigenvalue weighted by atomic mass is 16.3. The number of hydrogen-bond donors (Lipinski definition) is 1. The van der Waals surface area contributed by atoms with Crippen LogP contribution in [-0.4, -0.2) is 22.7 Å². The van der Waals surface area contributed by atoms with Crippen LogP contribution in [-0.2, 0) is 0 Å². The Balaban J connectivity index is 1.71. The van der Waals surface area contributed by atoms with E-state index in [1.165, 1.54) is 11.1 Å². The van der Waals surface area contributed by atoms with Crippen molar-refractivity contribution in [1.82, 2.24) is 4.90 Å². The van der Waals surface area contributed by atoms with E-state index in [-0.39, 0.29) is 23.3 Å². The zero-order valence-corrected chi connectivity index (χ0v) is 15.2. The normalized spacial score (nSPS) is 41.1. The number of hydrogen-bond acceptors (Lipinski definition) is 2. The van der Waals surface area contributed by atoms with Crippen molar-refractivity contribution in [3.63, 3.8) is 0 Å². The smallest absolute Gasteiger partial charge is 0.133 e. The van der Waals surface area contributed by atoms with Crippen LogP contribution in [0.3, 0.4) is 0 Å². The molecule has 0 unspecified atom stereocenters. The molecule has 2 saturated carbocycles. The molecule has 1 spiro atoms. The third-order valence-corrected chi connectivity index (χ3v) is 7.49. The van der Waals surface area contributed by atoms with Crippen LogP contribution in [0.2, 0.25) is 0 Å². The maximum absolute atomic E-state index is 11.5. The SMILES string of the molecule is C#C[C@]1(O)[C@H]2[C@@H](c3ccccc3)N(C)[C@H](c3ccccc3)[C@]23CCC[C@@H]13. The molecule has 2 heteroatoms. The third kappa shape index (κ3) is 1.76. The van der Waals surface area contributed by atoms with Crippen LogP contribution in [0.1, 0.15) is 42.5 Å². The Morgan fingerprint density at radius 2 is 1.65 bits per heavy atom. The van der Waals surface area contributed by atoms with Crippen molar-refractivity contribution in [2.75, 3.05) is 7.05 Å². The monoisotopic (exact) mass is 343 g/mol. The molecule has 2 aliphatic carbocycles. The highest BCUT2D eigenvalue weighted by Crippen LogP contribution is 2.79. The van der Waals surface area contributed by atoms with Crippen molar-refractivity contribution >= 4 is 0 Å². The van der Waals surface area contributed by atoms with Gasteiger partial charge in [0.05, 0.1) is 0 Å². The van der Waals surface area contributed by atoms with E-state index in [4.69, 9.17) is 6.42 Å². The minimum absolute atomic E-state index is 0.0811. The molecule has 5 rings (SSSR count). The predicted octanol–water partition coefficient (Wildman–Crippen LogP) is 4.20. The first-order chi connectivity index (χ1) is 12.6. The number of benzene rings is 2. The Morgan fingerprint density at radius 3 is 2.27 bits per heavy atom. The summed E-state index contributed by atoms with van der Waals surface area (Å²) in [6.07, 6.45) is 9.27. The molecule has 132 valence electrons. The van der Waals surface area contributed by atoms with Crippen LogP contribution in [0, 0.1) is 29.6 Å². The van der Waals surface area contributed by atoms with Crippen molar-refractivity contribution in [2.24, 2.45) is 17.3 Å². The lowest BCUT2D eigenvalue weighted by atomic mass is 9.43. The maximum atomic E-state index is 11.5. The summed E-state index contributed by atoms with van der Waals surface area (Å²) in [5, 5.41) is 11.5. The lowest BCUT2D eigenvalue weighted by molar-refractivity contribution is -0.199. The highest BCUT2D eigenvalue weighted by molar-refractivity contribution is 5.42. The minimum Gasteiger partial charge on any atom is -0.377 e. The van der Waals surface area contributed by atoms with Crippen molar-refractivity contribution in [3.8, 4) is 12.3 Å². The van der Waals surface area contributed by atoms with Crippen LogP contribution in [0.15, 0.2) is 60.7 Å². The van der Waals surface area contributed by atoms with E-state index in [1.807, 2.05) is 0 Å². The first-order valence-electron chi connectivity index (χ1n) is 9.66. The van der Waals surface area contributed by atoms with Gasteiger partial charge in [0.1, 0.15) is 5.60 Å². The summed E-state index contributed by atoms with van der Waals surface area (Å²) in [6.45, 7) is 0. The van der Waals surface area contributed by atoms with Gasteiger partial charge in [0.25, 0.3) is 0 Å². The molecule has 2 aromatic carbocycles. The number of nitrogens with zero attached hydrogens (tertiary/aromatic N) is 1. The number of rotatable bonds is 2. The van der Waals surface area contributed by atoms with Gasteiger partial charge in [-0.25, -0.2) is 0 Å². The quantitative estimate of drug-likeness (QED) is 0.826. The Labute approximate surface area is 155 Å². The average Bonchev–Trinajstić information content (AvgIpc) is 3.19. The molecule has 2 nitrogen and oxygen atoms in total. The van der Waals surface area contributed by atoms with Gasteiger partial charge in [-0.05, 0) is 31.0 Å². The van der Waals surface area contributed by atoms with Gasteiger partial charge in [0.2, 0.25) is 0 Å². The molecule has 6 atom stereocenters. The highest BCUT2D eigenvalue weighted by Gasteiger charge is 2.79. The van der Waals surface area contributed by atoms with Gasteiger partial charge in [0.15, 0.2) is 0 Å². The van der Waals surface area contributed by atoms with Gasteiger partial charge in [-0.1, -0.05) is 73.0 Å². The molecule has 0 aromatic heterocycles. The van der Waals surface area contributed by atoms with Gasteiger partial charge in [0, 0.05) is 29.3 Å². The molecular formula is C24H25NO. The predicted molar refractivity (Wildman–Crippen MR) is 103 cm³/mol. The largest absolute Gasteiger partial charge is 0.377 e. The summed E-state index contributed by atoms with van der Waals surface area (Å²) in [5.41, 5.74) is 1.70. The van der Waals surface area contributed by atoms with Gasteiger partial charge in [-0.2, -0.15) is 0 Å². The van der Waals surface area contributed by atoms with E-state index in [2.05, 4.69) is 78.5 Å². The number of aliphatic hydroxyl groups is 1. The average molecular weight is 343 g/mol. The molecule has 1 saturated heterocycles. The molecule has 1 aliphatic heterocycles. The molecule has 0 bridgehead atoms. The fourth-order valence-electron chi connectivity index (χ4n) is 6.84. The maximum Gasteiger partial charge on any atom is 0.133 e. The Morgan fingerprint density at radius 1 is 1.04 bits per heavy atom. The summed E-state index contributed by atoms with van der Waals surface area (Å²) < 4.78 is 0. The van der Waals surface area contributed by atoms with Crippen molar-refractivity contribution in [3.05, 3.63) is 71.8 Å². The van der Waals surface area contributed by atoms with Crippen LogP contribution in [0.25, 0.3) is 0 Å². The summed E-state index contributed by atoms with van der Waals surface area (Å²) in [4.78, 5) is 2.49. The van der Waals surface area contributed by atoms with Gasteiger partial charge in [-0.15, -0.1) is 6.42 Å². The Hall–Kier alpha value is -2.08. The molecule has 1 heterocycles. The van der Waals surface area contributed by atoms with Crippen molar-refractivity contribution in [2.45, 2.75) is 36.9 Å². The second kappa shape index (κ2) is 5.46. The second-order valence-electron chi connectivity index (χ2n) is 8.34. The molecule has 26 heavy (non-hydrogen) atoms. The van der Waals surface area contributed by atoms with E-state index in [0.717, 1.165) is 19.3 Å². The molecule has 3 fully saturated rings. The summed E-state index contributed by atoms with van der Waals surface area (Å²) in [7, 11) is 2.22. The van der Waals surface area contributed by atoms with Crippen molar-refractivity contribution < 1.29 is 5.11 Å². The summed E-state index contributed by atoms with van der Waals surface area (Å²) >= 11 is 0. The lowest BCUT2D eigenvalue weighted by Crippen LogP contribution is -2.66. The first-order valence-corrected chi connectivity index (χ1v) is 9.66. The standard InChI is InChI=1S/C24H25NO/c1-3-24(26)19-15-10-16-23(19)21(24)20(17-11-6-4-7-12-17)25(2)22(23)18-13-8-5-9-14-18/h1,4-9,11-14,19-22,26H,10,15-16H2,2H3/t19-,20-,21+,22-,23+,24-/m1/s1. The van der Waals surface area contributed by atoms with Crippen molar-refractivity contribution in [1.29, 1.82) is 0 Å². The van der Waals surface area contributed by atoms with Crippen LogP contribution in [0.4, 0.5) is 0 Å². The van der Waals surface area contributed by atoms with E-state index >= 15 is 0 Å². The van der Waals surface area contributed by atoms with E-state index in [1.54, 1.807) is 0 Å². The fraction of sp³-hybridized carbons (Fsp3) is 0.417. The third-order valence-electron chi connectivity index (χ3n) is 7.49. The molecule has 2 aromatic rings. The number of likely N-dealkylation sites (tertiary alicyclic amines) is 1.